The van der Waals surface area contributed by atoms with Crippen LogP contribution in [0.3, 0.4) is 0 Å². The number of rotatable bonds is 9. The molecular weight excluding hydrogens is 324 g/mol. The molecule has 0 amide bonds. The summed E-state index contributed by atoms with van der Waals surface area (Å²) in [5.41, 5.74) is 0. The molecule has 0 N–H and O–H groups in total. The molecule has 0 aliphatic carbocycles. The van der Waals surface area contributed by atoms with Gasteiger partial charge in [0.05, 0.1) is 26.4 Å². The van der Waals surface area contributed by atoms with Gasteiger partial charge in [0.1, 0.15) is 0 Å². The first-order chi connectivity index (χ1) is 12.8. The fourth-order valence-electron chi connectivity index (χ4n) is 3.10. The molecule has 0 spiro atoms. The van der Waals surface area contributed by atoms with Gasteiger partial charge in [-0.15, -0.1) is 0 Å². The van der Waals surface area contributed by atoms with Crippen molar-refractivity contribution in [2.24, 2.45) is 5.92 Å². The summed E-state index contributed by atoms with van der Waals surface area (Å²) >= 11 is 0. The van der Waals surface area contributed by atoms with E-state index in [4.69, 9.17) is 9.47 Å². The molecule has 0 radical (unpaired) electrons. The number of nitrogens with zero attached hydrogens (tertiary/aromatic N) is 2. The van der Waals surface area contributed by atoms with Gasteiger partial charge in [0, 0.05) is 26.2 Å². The summed E-state index contributed by atoms with van der Waals surface area (Å²) in [6.07, 6.45) is 8.12. The van der Waals surface area contributed by atoms with Crippen LogP contribution in [0.2, 0.25) is 0 Å². The molecule has 2 saturated heterocycles. The smallest absolute Gasteiger partial charge is 0.0594 e. The summed E-state index contributed by atoms with van der Waals surface area (Å²) < 4.78 is 10.6. The van der Waals surface area contributed by atoms with Crippen molar-refractivity contribution >= 4 is 0 Å². The lowest BCUT2D eigenvalue weighted by Gasteiger charge is -2.26. The Hall–Kier alpha value is -0.160. The highest BCUT2D eigenvalue weighted by Crippen LogP contribution is 2.10. The van der Waals surface area contributed by atoms with Gasteiger partial charge in [-0.05, 0) is 38.3 Å². The van der Waals surface area contributed by atoms with Crippen molar-refractivity contribution in [2.75, 3.05) is 65.7 Å². The maximum absolute atomic E-state index is 5.31. The minimum atomic E-state index is 0.904. The van der Waals surface area contributed by atoms with E-state index in [1.807, 2.05) is 13.8 Å². The third kappa shape index (κ3) is 15.0. The largest absolute Gasteiger partial charge is 0.379 e. The highest BCUT2D eigenvalue weighted by molar-refractivity contribution is 4.63. The van der Waals surface area contributed by atoms with Crippen molar-refractivity contribution in [1.82, 2.24) is 9.80 Å². The lowest BCUT2D eigenvalue weighted by molar-refractivity contribution is 0.0367. The van der Waals surface area contributed by atoms with Gasteiger partial charge in [0.25, 0.3) is 0 Å². The Kier molecular flexibility index (Phi) is 19.5. The molecule has 26 heavy (non-hydrogen) atoms. The summed E-state index contributed by atoms with van der Waals surface area (Å²) in [4.78, 5) is 5.02. The van der Waals surface area contributed by atoms with Crippen LogP contribution < -0.4 is 0 Å². The van der Waals surface area contributed by atoms with Crippen molar-refractivity contribution in [3.8, 4) is 0 Å². The molecule has 0 aromatic rings. The van der Waals surface area contributed by atoms with E-state index < -0.39 is 0 Å². The van der Waals surface area contributed by atoms with Gasteiger partial charge < -0.3 is 9.47 Å². The topological polar surface area (TPSA) is 24.9 Å². The molecule has 158 valence electrons. The number of ether oxygens (including phenoxy) is 2. The number of hydrogen-bond acceptors (Lipinski definition) is 4. The molecule has 2 fully saturated rings. The van der Waals surface area contributed by atoms with E-state index in [1.165, 1.54) is 51.6 Å². The minimum Gasteiger partial charge on any atom is -0.379 e. The van der Waals surface area contributed by atoms with Crippen LogP contribution in [0.5, 0.6) is 0 Å². The number of hydrogen-bond donors (Lipinski definition) is 0. The fraction of sp³-hybridized carbons (Fsp3) is 1.00. The van der Waals surface area contributed by atoms with Gasteiger partial charge in [-0.1, -0.05) is 53.9 Å². The first kappa shape index (κ1) is 25.8. The first-order valence-electron chi connectivity index (χ1n) is 11.4. The third-order valence-electron chi connectivity index (χ3n) is 5.15. The molecule has 0 aromatic carbocycles. The average molecular weight is 373 g/mol. The fourth-order valence-corrected chi connectivity index (χ4v) is 3.10. The van der Waals surface area contributed by atoms with Crippen molar-refractivity contribution < 1.29 is 9.47 Å². The van der Waals surface area contributed by atoms with E-state index in [0.717, 1.165) is 58.5 Å². The minimum absolute atomic E-state index is 0.904. The second kappa shape index (κ2) is 19.6. The molecular formula is C22H48N2O2. The molecule has 0 aromatic heterocycles. The molecule has 4 nitrogen and oxygen atoms in total. The van der Waals surface area contributed by atoms with Gasteiger partial charge in [0.15, 0.2) is 0 Å². The van der Waals surface area contributed by atoms with E-state index in [0.29, 0.717) is 0 Å². The van der Waals surface area contributed by atoms with Crippen LogP contribution in [0.1, 0.15) is 73.1 Å². The van der Waals surface area contributed by atoms with E-state index >= 15 is 0 Å². The zero-order valence-corrected chi connectivity index (χ0v) is 18.6. The van der Waals surface area contributed by atoms with Gasteiger partial charge in [0.2, 0.25) is 0 Å². The Morgan fingerprint density at radius 2 is 1.19 bits per heavy atom. The van der Waals surface area contributed by atoms with Crippen molar-refractivity contribution in [3.63, 3.8) is 0 Å². The van der Waals surface area contributed by atoms with Crippen LogP contribution in [-0.2, 0) is 9.47 Å². The molecule has 0 saturated carbocycles. The van der Waals surface area contributed by atoms with E-state index in [-0.39, 0.29) is 0 Å². The third-order valence-corrected chi connectivity index (χ3v) is 5.15. The predicted octanol–water partition coefficient (Wildman–Crippen LogP) is 4.68. The highest BCUT2D eigenvalue weighted by atomic mass is 16.5. The Bertz CT molecular complexity index is 265. The van der Waals surface area contributed by atoms with E-state index in [9.17, 15) is 0 Å². The van der Waals surface area contributed by atoms with Crippen LogP contribution >= 0.6 is 0 Å². The lowest BCUT2D eigenvalue weighted by atomic mass is 10.0. The van der Waals surface area contributed by atoms with Crippen LogP contribution in [-0.4, -0.2) is 75.5 Å². The summed E-state index contributed by atoms with van der Waals surface area (Å²) in [5, 5.41) is 0. The molecule has 4 heteroatoms. The Morgan fingerprint density at radius 1 is 0.731 bits per heavy atom. The zero-order valence-electron chi connectivity index (χ0n) is 18.6. The maximum atomic E-state index is 5.31. The quantitative estimate of drug-likeness (QED) is 0.549. The number of unbranched alkanes of at least 4 members (excludes halogenated alkanes) is 2. The predicted molar refractivity (Wildman–Crippen MR) is 114 cm³/mol. The van der Waals surface area contributed by atoms with Crippen molar-refractivity contribution in [1.29, 1.82) is 0 Å². The van der Waals surface area contributed by atoms with Crippen LogP contribution in [0.25, 0.3) is 0 Å². The van der Waals surface area contributed by atoms with Crippen molar-refractivity contribution in [2.45, 2.75) is 73.1 Å². The van der Waals surface area contributed by atoms with Crippen molar-refractivity contribution in [3.05, 3.63) is 0 Å². The SMILES string of the molecule is CC.CCC(C)CCCN1CCOCC1.CCCCCN1CCOCC1. The Morgan fingerprint density at radius 3 is 1.62 bits per heavy atom. The monoisotopic (exact) mass is 372 g/mol. The zero-order chi connectivity index (χ0) is 19.5. The van der Waals surface area contributed by atoms with E-state index in [1.54, 1.807) is 0 Å². The van der Waals surface area contributed by atoms with Gasteiger partial charge in [-0.25, -0.2) is 0 Å². The van der Waals surface area contributed by atoms with E-state index in [2.05, 4.69) is 30.6 Å². The van der Waals surface area contributed by atoms with Crippen LogP contribution in [0, 0.1) is 5.92 Å². The Balaban J connectivity index is 0.000000444. The molecule has 2 aliphatic rings. The normalized spacial score (nSPS) is 19.7. The molecule has 1 atom stereocenters. The summed E-state index contributed by atoms with van der Waals surface area (Å²) in [7, 11) is 0. The second-order valence-electron chi connectivity index (χ2n) is 7.27. The van der Waals surface area contributed by atoms with Gasteiger partial charge >= 0.3 is 0 Å². The van der Waals surface area contributed by atoms with Gasteiger partial charge in [-0.2, -0.15) is 0 Å². The summed E-state index contributed by atoms with van der Waals surface area (Å²) in [5.74, 6) is 0.904. The number of morpholine rings is 2. The first-order valence-corrected chi connectivity index (χ1v) is 11.4. The second-order valence-corrected chi connectivity index (χ2v) is 7.27. The summed E-state index contributed by atoms with van der Waals surface area (Å²) in [6, 6.07) is 0. The Labute approximate surface area is 164 Å². The molecule has 2 heterocycles. The summed E-state index contributed by atoms with van der Waals surface area (Å²) in [6.45, 7) is 21.7. The van der Waals surface area contributed by atoms with Crippen LogP contribution in [0.4, 0.5) is 0 Å². The lowest BCUT2D eigenvalue weighted by Crippen LogP contribution is -2.36. The maximum Gasteiger partial charge on any atom is 0.0594 e. The molecule has 1 unspecified atom stereocenters. The standard InChI is InChI=1S/C11H23NO.C9H19NO.C2H6/c1-3-11(2)5-4-6-12-7-9-13-10-8-12;1-2-3-4-5-10-6-8-11-9-7-10;1-2/h11H,3-10H2,1-2H3;2-9H2,1H3;1-2H3. The molecule has 0 bridgehead atoms. The average Bonchev–Trinajstić information content (AvgIpc) is 2.72. The molecule has 2 rings (SSSR count). The molecule has 2 aliphatic heterocycles. The van der Waals surface area contributed by atoms with Gasteiger partial charge in [-0.3, -0.25) is 9.80 Å². The highest BCUT2D eigenvalue weighted by Gasteiger charge is 2.10. The van der Waals surface area contributed by atoms with Crippen LogP contribution in [0.15, 0.2) is 0 Å².